The minimum absolute atomic E-state index is 0.132. The highest BCUT2D eigenvalue weighted by atomic mass is 16.5. The number of anilines is 2. The summed E-state index contributed by atoms with van der Waals surface area (Å²) in [5, 5.41) is 7.31. The molecular weight excluding hydrogens is 380 g/mol. The molecule has 1 amide bonds. The minimum atomic E-state index is -0.132. The summed E-state index contributed by atoms with van der Waals surface area (Å²) >= 11 is 0. The van der Waals surface area contributed by atoms with Gasteiger partial charge in [0.25, 0.3) is 0 Å². The smallest absolute Gasteiger partial charge is 0.229 e. The predicted octanol–water partition coefficient (Wildman–Crippen LogP) is 3.09. The molecule has 1 fully saturated rings. The van der Waals surface area contributed by atoms with Gasteiger partial charge in [0, 0.05) is 18.7 Å². The molecule has 8 nitrogen and oxygen atoms in total. The van der Waals surface area contributed by atoms with Crippen LogP contribution in [0.1, 0.15) is 25.3 Å². The third kappa shape index (κ3) is 4.42. The molecule has 0 radical (unpaired) electrons. The second kappa shape index (κ2) is 8.94. The monoisotopic (exact) mass is 406 g/mol. The Hall–Kier alpha value is -3.42. The summed E-state index contributed by atoms with van der Waals surface area (Å²) in [7, 11) is 1.60. The van der Waals surface area contributed by atoms with Crippen molar-refractivity contribution in [2.75, 3.05) is 30.4 Å². The number of aromatic nitrogens is 4. The molecule has 0 spiro atoms. The number of rotatable bonds is 6. The fourth-order valence-electron chi connectivity index (χ4n) is 3.70. The SMILES string of the molecule is COc1ccccc1CC(=O)Nc1cnn(-c2ncncc2N2CCC(C)CC2)c1. The fourth-order valence-corrected chi connectivity index (χ4v) is 3.70. The zero-order chi connectivity index (χ0) is 20.9. The molecule has 0 bridgehead atoms. The number of nitrogens with zero attached hydrogens (tertiary/aromatic N) is 5. The summed E-state index contributed by atoms with van der Waals surface area (Å²) < 4.78 is 7.01. The maximum absolute atomic E-state index is 12.5. The third-order valence-electron chi connectivity index (χ3n) is 5.42. The summed E-state index contributed by atoms with van der Waals surface area (Å²) in [4.78, 5) is 23.5. The van der Waals surface area contributed by atoms with E-state index in [2.05, 4.69) is 32.2 Å². The van der Waals surface area contributed by atoms with Crippen LogP contribution in [0.25, 0.3) is 5.82 Å². The number of methoxy groups -OCH3 is 1. The van der Waals surface area contributed by atoms with Crippen molar-refractivity contribution in [3.8, 4) is 11.6 Å². The maximum Gasteiger partial charge on any atom is 0.229 e. The number of nitrogens with one attached hydrogen (secondary N) is 1. The molecule has 3 aromatic rings. The summed E-state index contributed by atoms with van der Waals surface area (Å²) in [6.07, 6.45) is 9.28. The molecule has 1 aliphatic rings. The summed E-state index contributed by atoms with van der Waals surface area (Å²) in [6.45, 7) is 4.24. The van der Waals surface area contributed by atoms with E-state index in [-0.39, 0.29) is 12.3 Å². The molecule has 1 N–H and O–H groups in total. The van der Waals surface area contributed by atoms with Crippen molar-refractivity contribution in [2.24, 2.45) is 5.92 Å². The Labute approximate surface area is 175 Å². The van der Waals surface area contributed by atoms with Crippen molar-refractivity contribution in [3.63, 3.8) is 0 Å². The molecule has 1 aromatic carbocycles. The zero-order valence-corrected chi connectivity index (χ0v) is 17.3. The first-order valence-electron chi connectivity index (χ1n) is 10.2. The van der Waals surface area contributed by atoms with Crippen LogP contribution in [0.15, 0.2) is 49.2 Å². The van der Waals surface area contributed by atoms with Gasteiger partial charge in [-0.25, -0.2) is 14.6 Å². The van der Waals surface area contributed by atoms with Gasteiger partial charge in [-0.15, -0.1) is 0 Å². The van der Waals surface area contributed by atoms with Gasteiger partial charge in [-0.3, -0.25) is 4.79 Å². The lowest BCUT2D eigenvalue weighted by atomic mass is 9.99. The Kier molecular flexibility index (Phi) is 5.92. The van der Waals surface area contributed by atoms with Gasteiger partial charge in [-0.05, 0) is 24.8 Å². The first-order valence-corrected chi connectivity index (χ1v) is 10.2. The lowest BCUT2D eigenvalue weighted by molar-refractivity contribution is -0.115. The van der Waals surface area contributed by atoms with Crippen LogP contribution in [0.5, 0.6) is 5.75 Å². The molecule has 156 valence electrons. The fraction of sp³-hybridized carbons (Fsp3) is 0.364. The molecule has 30 heavy (non-hydrogen) atoms. The number of hydrogen-bond acceptors (Lipinski definition) is 6. The van der Waals surface area contributed by atoms with Gasteiger partial charge in [0.1, 0.15) is 17.8 Å². The first-order chi connectivity index (χ1) is 14.6. The standard InChI is InChI=1S/C22H26N6O2/c1-16-7-9-27(10-8-16)19-13-23-15-24-22(19)28-14-18(12-25-28)26-21(29)11-17-5-3-4-6-20(17)30-2/h3-6,12-16H,7-11H2,1-2H3,(H,26,29). The molecule has 3 heterocycles. The largest absolute Gasteiger partial charge is 0.496 e. The highest BCUT2D eigenvalue weighted by Gasteiger charge is 2.20. The highest BCUT2D eigenvalue weighted by Crippen LogP contribution is 2.27. The van der Waals surface area contributed by atoms with Crippen LogP contribution >= 0.6 is 0 Å². The lowest BCUT2D eigenvalue weighted by Crippen LogP contribution is -2.33. The Morgan fingerprint density at radius 2 is 2.03 bits per heavy atom. The van der Waals surface area contributed by atoms with Gasteiger partial charge in [-0.1, -0.05) is 25.1 Å². The number of carbonyl (C=O) groups excluding carboxylic acids is 1. The number of benzene rings is 1. The zero-order valence-electron chi connectivity index (χ0n) is 17.3. The second-order valence-electron chi connectivity index (χ2n) is 7.61. The summed E-state index contributed by atoms with van der Waals surface area (Å²) in [6, 6.07) is 7.50. The van der Waals surface area contributed by atoms with Gasteiger partial charge >= 0.3 is 0 Å². The predicted molar refractivity (Wildman–Crippen MR) is 115 cm³/mol. The van der Waals surface area contributed by atoms with E-state index in [0.717, 1.165) is 43.1 Å². The molecule has 0 aliphatic carbocycles. The average molecular weight is 406 g/mol. The molecule has 4 rings (SSSR count). The highest BCUT2D eigenvalue weighted by molar-refractivity contribution is 5.92. The van der Waals surface area contributed by atoms with Gasteiger partial charge in [0.05, 0.1) is 37.8 Å². The number of ether oxygens (including phenoxy) is 1. The second-order valence-corrected chi connectivity index (χ2v) is 7.61. The van der Waals surface area contributed by atoms with Crippen molar-refractivity contribution in [1.29, 1.82) is 0 Å². The van der Waals surface area contributed by atoms with E-state index in [1.807, 2.05) is 30.5 Å². The summed E-state index contributed by atoms with van der Waals surface area (Å²) in [5.41, 5.74) is 2.41. The number of amides is 1. The van der Waals surface area contributed by atoms with E-state index in [9.17, 15) is 4.79 Å². The van der Waals surface area contributed by atoms with E-state index in [4.69, 9.17) is 4.74 Å². The van der Waals surface area contributed by atoms with Gasteiger partial charge in [0.15, 0.2) is 5.82 Å². The van der Waals surface area contributed by atoms with Crippen LogP contribution in [-0.2, 0) is 11.2 Å². The van der Waals surface area contributed by atoms with Crippen LogP contribution in [-0.4, -0.2) is 45.9 Å². The Bertz CT molecular complexity index is 1010. The Morgan fingerprint density at radius 3 is 2.83 bits per heavy atom. The van der Waals surface area contributed by atoms with Crippen molar-refractivity contribution in [1.82, 2.24) is 19.7 Å². The van der Waals surface area contributed by atoms with Crippen molar-refractivity contribution < 1.29 is 9.53 Å². The quantitative estimate of drug-likeness (QED) is 0.677. The molecular formula is C22H26N6O2. The number of carbonyl (C=O) groups is 1. The molecule has 0 saturated carbocycles. The molecule has 2 aromatic heterocycles. The minimum Gasteiger partial charge on any atom is -0.496 e. The third-order valence-corrected chi connectivity index (χ3v) is 5.42. The molecule has 1 aliphatic heterocycles. The number of piperidine rings is 1. The maximum atomic E-state index is 12.5. The van der Waals surface area contributed by atoms with Crippen LogP contribution < -0.4 is 15.0 Å². The van der Waals surface area contributed by atoms with Gasteiger partial charge < -0.3 is 15.0 Å². The van der Waals surface area contributed by atoms with Crippen LogP contribution in [0.3, 0.4) is 0 Å². The molecule has 8 heteroatoms. The van der Waals surface area contributed by atoms with Gasteiger partial charge in [-0.2, -0.15) is 5.10 Å². The average Bonchev–Trinajstić information content (AvgIpc) is 3.23. The van der Waals surface area contributed by atoms with Gasteiger partial charge in [0.2, 0.25) is 5.91 Å². The topological polar surface area (TPSA) is 85.2 Å². The van der Waals surface area contributed by atoms with Crippen molar-refractivity contribution >= 4 is 17.3 Å². The van der Waals surface area contributed by atoms with Crippen LogP contribution in [0, 0.1) is 5.92 Å². The van der Waals surface area contributed by atoms with E-state index in [1.165, 1.54) is 6.33 Å². The molecule has 0 unspecified atom stereocenters. The van der Waals surface area contributed by atoms with Crippen molar-refractivity contribution in [2.45, 2.75) is 26.2 Å². The van der Waals surface area contributed by atoms with E-state index < -0.39 is 0 Å². The van der Waals surface area contributed by atoms with E-state index >= 15 is 0 Å². The first kappa shape index (κ1) is 19.9. The lowest BCUT2D eigenvalue weighted by Gasteiger charge is -2.32. The number of hydrogen-bond donors (Lipinski definition) is 1. The van der Waals surface area contributed by atoms with E-state index in [0.29, 0.717) is 17.3 Å². The molecule has 1 saturated heterocycles. The molecule has 0 atom stereocenters. The van der Waals surface area contributed by atoms with E-state index in [1.54, 1.807) is 24.2 Å². The number of para-hydroxylation sites is 1. The van der Waals surface area contributed by atoms with Crippen molar-refractivity contribution in [3.05, 3.63) is 54.7 Å². The Balaban J connectivity index is 1.48. The summed E-state index contributed by atoms with van der Waals surface area (Å²) in [5.74, 6) is 2.02. The Morgan fingerprint density at radius 1 is 1.23 bits per heavy atom. The van der Waals surface area contributed by atoms with Crippen LogP contribution in [0.2, 0.25) is 0 Å². The normalized spacial score (nSPS) is 14.5. The van der Waals surface area contributed by atoms with Crippen LogP contribution in [0.4, 0.5) is 11.4 Å².